The average Bonchev–Trinajstić information content (AvgIpc) is 2.70. The van der Waals surface area contributed by atoms with Crippen molar-refractivity contribution in [2.24, 2.45) is 5.92 Å². The fourth-order valence-corrected chi connectivity index (χ4v) is 4.13. The van der Waals surface area contributed by atoms with E-state index in [4.69, 9.17) is 9.47 Å². The number of hydrogen-bond donors (Lipinski definition) is 2. The van der Waals surface area contributed by atoms with Gasteiger partial charge in [-0.3, -0.25) is 9.59 Å². The van der Waals surface area contributed by atoms with Crippen LogP contribution >= 0.6 is 0 Å². The van der Waals surface area contributed by atoms with Crippen LogP contribution in [-0.2, 0) is 19.1 Å². The normalized spacial score (nSPS) is 23.8. The van der Waals surface area contributed by atoms with Gasteiger partial charge in [0.05, 0.1) is 13.2 Å². The number of ether oxygens (including phenoxy) is 2. The van der Waals surface area contributed by atoms with Gasteiger partial charge in [0.25, 0.3) is 0 Å². The van der Waals surface area contributed by atoms with E-state index in [2.05, 4.69) is 22.5 Å². The zero-order chi connectivity index (χ0) is 19.5. The fraction of sp³-hybridized carbons (Fsp3) is 0.900. The molecule has 1 saturated heterocycles. The number of methoxy groups -OCH3 is 1. The van der Waals surface area contributed by atoms with Crippen LogP contribution in [-0.4, -0.2) is 75.4 Å². The summed E-state index contributed by atoms with van der Waals surface area (Å²) in [5, 5.41) is 6.42. The van der Waals surface area contributed by atoms with Crippen molar-refractivity contribution in [3.63, 3.8) is 0 Å². The third kappa shape index (κ3) is 7.39. The van der Waals surface area contributed by atoms with Gasteiger partial charge >= 0.3 is 0 Å². The van der Waals surface area contributed by atoms with Crippen LogP contribution in [0.5, 0.6) is 0 Å². The second-order valence-electron chi connectivity index (χ2n) is 7.67. The standard InChI is InChI=1S/C20H37N3O4/c1-3-12-23(18-8-10-21-11-9-18)20(25)16-4-6-17(7-5-16)22-19(24)15-27-14-13-26-2/h16-18,21H,3-15H2,1-2H3,(H,22,24). The molecular weight excluding hydrogens is 346 g/mol. The molecule has 0 bridgehead atoms. The number of piperidine rings is 1. The predicted molar refractivity (Wildman–Crippen MR) is 104 cm³/mol. The van der Waals surface area contributed by atoms with Crippen molar-refractivity contribution in [3.8, 4) is 0 Å². The van der Waals surface area contributed by atoms with Gasteiger partial charge in [-0.1, -0.05) is 6.92 Å². The predicted octanol–water partition coefficient (Wildman–Crippen LogP) is 1.32. The molecule has 1 aliphatic carbocycles. The maximum absolute atomic E-state index is 13.1. The van der Waals surface area contributed by atoms with Gasteiger partial charge in [-0.15, -0.1) is 0 Å². The first-order valence-electron chi connectivity index (χ1n) is 10.5. The molecule has 0 aromatic rings. The highest BCUT2D eigenvalue weighted by Gasteiger charge is 2.33. The minimum Gasteiger partial charge on any atom is -0.382 e. The van der Waals surface area contributed by atoms with Crippen LogP contribution in [0, 0.1) is 5.92 Å². The zero-order valence-corrected chi connectivity index (χ0v) is 17.0. The van der Waals surface area contributed by atoms with E-state index in [9.17, 15) is 9.59 Å². The fourth-order valence-electron chi connectivity index (χ4n) is 4.13. The number of carbonyl (C=O) groups is 2. The Bertz CT molecular complexity index is 447. The van der Waals surface area contributed by atoms with E-state index in [0.717, 1.165) is 64.6 Å². The van der Waals surface area contributed by atoms with Gasteiger partial charge in [0.2, 0.25) is 11.8 Å². The molecule has 0 radical (unpaired) electrons. The Morgan fingerprint density at radius 3 is 2.41 bits per heavy atom. The van der Waals surface area contributed by atoms with Gasteiger partial charge in [-0.25, -0.2) is 0 Å². The summed E-state index contributed by atoms with van der Waals surface area (Å²) in [6, 6.07) is 0.548. The molecule has 27 heavy (non-hydrogen) atoms. The van der Waals surface area contributed by atoms with Crippen LogP contribution < -0.4 is 10.6 Å². The molecule has 2 rings (SSSR count). The molecule has 2 fully saturated rings. The van der Waals surface area contributed by atoms with Gasteiger partial charge in [-0.05, 0) is 58.0 Å². The van der Waals surface area contributed by atoms with Crippen LogP contribution in [0.1, 0.15) is 51.9 Å². The first kappa shape index (κ1) is 22.1. The largest absolute Gasteiger partial charge is 0.382 e. The van der Waals surface area contributed by atoms with Crippen molar-refractivity contribution >= 4 is 11.8 Å². The minimum absolute atomic E-state index is 0.0716. The Morgan fingerprint density at radius 2 is 1.78 bits per heavy atom. The molecule has 2 amide bonds. The van der Waals surface area contributed by atoms with E-state index in [1.165, 1.54) is 0 Å². The quantitative estimate of drug-likeness (QED) is 0.556. The molecule has 0 spiro atoms. The summed E-state index contributed by atoms with van der Waals surface area (Å²) in [5.41, 5.74) is 0. The van der Waals surface area contributed by atoms with Crippen LogP contribution in [0.15, 0.2) is 0 Å². The molecule has 7 heteroatoms. The molecule has 0 unspecified atom stereocenters. The zero-order valence-electron chi connectivity index (χ0n) is 17.0. The van der Waals surface area contributed by atoms with E-state index in [1.54, 1.807) is 7.11 Å². The Balaban J connectivity index is 1.74. The first-order chi connectivity index (χ1) is 13.2. The van der Waals surface area contributed by atoms with Gasteiger partial charge in [0.15, 0.2) is 0 Å². The summed E-state index contributed by atoms with van der Waals surface area (Å²) >= 11 is 0. The lowest BCUT2D eigenvalue weighted by Gasteiger charge is -2.38. The molecule has 2 aliphatic rings. The summed E-state index contributed by atoms with van der Waals surface area (Å²) in [5.74, 6) is 0.358. The number of nitrogens with zero attached hydrogens (tertiary/aromatic N) is 1. The van der Waals surface area contributed by atoms with Crippen molar-refractivity contribution in [2.45, 2.75) is 64.0 Å². The number of nitrogens with one attached hydrogen (secondary N) is 2. The number of amides is 2. The highest BCUT2D eigenvalue weighted by Crippen LogP contribution is 2.28. The molecule has 0 aromatic heterocycles. The topological polar surface area (TPSA) is 79.9 Å². The number of carbonyl (C=O) groups excluding carboxylic acids is 2. The van der Waals surface area contributed by atoms with Crippen LogP contribution in [0.4, 0.5) is 0 Å². The Kier molecular flexibility index (Phi) is 10.1. The van der Waals surface area contributed by atoms with Crippen molar-refractivity contribution < 1.29 is 19.1 Å². The second-order valence-corrected chi connectivity index (χ2v) is 7.67. The van der Waals surface area contributed by atoms with Crippen molar-refractivity contribution in [1.82, 2.24) is 15.5 Å². The highest BCUT2D eigenvalue weighted by molar-refractivity contribution is 5.79. The first-order valence-corrected chi connectivity index (χ1v) is 10.5. The highest BCUT2D eigenvalue weighted by atomic mass is 16.5. The molecule has 0 aromatic carbocycles. The lowest BCUT2D eigenvalue weighted by Crippen LogP contribution is -2.49. The van der Waals surface area contributed by atoms with E-state index < -0.39 is 0 Å². The third-order valence-electron chi connectivity index (χ3n) is 5.60. The van der Waals surface area contributed by atoms with Crippen molar-refractivity contribution in [2.75, 3.05) is 46.6 Å². The van der Waals surface area contributed by atoms with Gasteiger partial charge in [0.1, 0.15) is 6.61 Å². The van der Waals surface area contributed by atoms with Crippen LogP contribution in [0.2, 0.25) is 0 Å². The molecule has 156 valence electrons. The molecule has 1 saturated carbocycles. The van der Waals surface area contributed by atoms with Crippen molar-refractivity contribution in [3.05, 3.63) is 0 Å². The minimum atomic E-state index is -0.0804. The SMILES string of the molecule is CCCN(C(=O)C1CCC(NC(=O)COCCOC)CC1)C1CCNCC1. The van der Waals surface area contributed by atoms with Crippen LogP contribution in [0.25, 0.3) is 0 Å². The average molecular weight is 384 g/mol. The summed E-state index contributed by atoms with van der Waals surface area (Å²) in [6.07, 6.45) is 6.57. The van der Waals surface area contributed by atoms with Gasteiger partial charge in [-0.2, -0.15) is 0 Å². The lowest BCUT2D eigenvalue weighted by molar-refractivity contribution is -0.139. The summed E-state index contributed by atoms with van der Waals surface area (Å²) in [7, 11) is 1.61. The monoisotopic (exact) mass is 383 g/mol. The molecule has 0 atom stereocenters. The number of hydrogen-bond acceptors (Lipinski definition) is 5. The summed E-state index contributed by atoms with van der Waals surface area (Å²) in [4.78, 5) is 27.2. The van der Waals surface area contributed by atoms with Crippen molar-refractivity contribution in [1.29, 1.82) is 0 Å². The van der Waals surface area contributed by atoms with Crippen LogP contribution in [0.3, 0.4) is 0 Å². The Morgan fingerprint density at radius 1 is 1.07 bits per heavy atom. The lowest BCUT2D eigenvalue weighted by atomic mass is 9.84. The van der Waals surface area contributed by atoms with Gasteiger partial charge in [0, 0.05) is 31.7 Å². The second kappa shape index (κ2) is 12.3. The number of rotatable bonds is 10. The van der Waals surface area contributed by atoms with E-state index >= 15 is 0 Å². The maximum Gasteiger partial charge on any atom is 0.246 e. The molecular formula is C20H37N3O4. The smallest absolute Gasteiger partial charge is 0.246 e. The maximum atomic E-state index is 13.1. The third-order valence-corrected chi connectivity index (χ3v) is 5.60. The molecule has 1 heterocycles. The Hall–Kier alpha value is -1.18. The molecule has 7 nitrogen and oxygen atoms in total. The Labute approximate surface area is 163 Å². The van der Waals surface area contributed by atoms with E-state index in [0.29, 0.717) is 25.2 Å². The summed E-state index contributed by atoms with van der Waals surface area (Å²) < 4.78 is 10.2. The van der Waals surface area contributed by atoms with E-state index in [1.807, 2.05) is 0 Å². The van der Waals surface area contributed by atoms with Gasteiger partial charge < -0.3 is 25.0 Å². The molecule has 2 N–H and O–H groups in total. The molecule has 1 aliphatic heterocycles. The van der Waals surface area contributed by atoms with E-state index in [-0.39, 0.29) is 24.5 Å². The summed E-state index contributed by atoms with van der Waals surface area (Å²) in [6.45, 7) is 6.00.